The third kappa shape index (κ3) is 2.41. The SMILES string of the molecule is Cc1ccc([C@@H]2CCCN2)cc1Cl.Cl. The van der Waals surface area contributed by atoms with Crippen LogP contribution in [0.4, 0.5) is 0 Å². The first kappa shape index (κ1) is 11.8. The second-order valence-corrected chi connectivity index (χ2v) is 4.06. The minimum Gasteiger partial charge on any atom is -0.310 e. The molecule has 1 saturated heterocycles. The minimum atomic E-state index is 0. The average Bonchev–Trinajstić information content (AvgIpc) is 2.62. The van der Waals surface area contributed by atoms with Gasteiger partial charge in [0.2, 0.25) is 0 Å². The van der Waals surface area contributed by atoms with Crippen molar-refractivity contribution in [2.75, 3.05) is 6.54 Å². The largest absolute Gasteiger partial charge is 0.310 e. The molecule has 1 aromatic carbocycles. The van der Waals surface area contributed by atoms with Crippen LogP contribution >= 0.6 is 24.0 Å². The van der Waals surface area contributed by atoms with Gasteiger partial charge in [-0.2, -0.15) is 0 Å². The number of hydrogen-bond acceptors (Lipinski definition) is 1. The molecule has 0 amide bonds. The van der Waals surface area contributed by atoms with Gasteiger partial charge in [-0.15, -0.1) is 12.4 Å². The molecule has 1 N–H and O–H groups in total. The van der Waals surface area contributed by atoms with Gasteiger partial charge in [0.15, 0.2) is 0 Å². The lowest BCUT2D eigenvalue weighted by atomic mass is 10.0. The van der Waals surface area contributed by atoms with Crippen LogP contribution in [-0.2, 0) is 0 Å². The van der Waals surface area contributed by atoms with Crippen molar-refractivity contribution in [1.29, 1.82) is 0 Å². The van der Waals surface area contributed by atoms with E-state index in [1.807, 2.05) is 6.92 Å². The van der Waals surface area contributed by atoms with Gasteiger partial charge in [0.05, 0.1) is 0 Å². The Morgan fingerprint density at radius 3 is 2.79 bits per heavy atom. The first-order chi connectivity index (χ1) is 6.27. The molecule has 1 fully saturated rings. The van der Waals surface area contributed by atoms with Crippen LogP contribution in [0.3, 0.4) is 0 Å². The summed E-state index contributed by atoms with van der Waals surface area (Å²) in [7, 11) is 0. The number of aryl methyl sites for hydroxylation is 1. The monoisotopic (exact) mass is 231 g/mol. The zero-order chi connectivity index (χ0) is 9.26. The molecule has 3 heteroatoms. The van der Waals surface area contributed by atoms with Gasteiger partial charge in [0.1, 0.15) is 0 Å². The highest BCUT2D eigenvalue weighted by Gasteiger charge is 2.16. The van der Waals surface area contributed by atoms with E-state index >= 15 is 0 Å². The lowest BCUT2D eigenvalue weighted by Gasteiger charge is -2.11. The van der Waals surface area contributed by atoms with E-state index in [1.165, 1.54) is 18.4 Å². The van der Waals surface area contributed by atoms with E-state index in [1.54, 1.807) is 0 Å². The summed E-state index contributed by atoms with van der Waals surface area (Å²) in [4.78, 5) is 0. The van der Waals surface area contributed by atoms with Gasteiger partial charge in [0.25, 0.3) is 0 Å². The number of benzene rings is 1. The van der Waals surface area contributed by atoms with Crippen molar-refractivity contribution in [3.63, 3.8) is 0 Å². The predicted molar refractivity (Wildman–Crippen MR) is 63.4 cm³/mol. The third-order valence-electron chi connectivity index (χ3n) is 2.66. The molecule has 1 nitrogen and oxygen atoms in total. The van der Waals surface area contributed by atoms with Crippen LogP contribution < -0.4 is 5.32 Å². The number of rotatable bonds is 1. The van der Waals surface area contributed by atoms with Crippen molar-refractivity contribution >= 4 is 24.0 Å². The predicted octanol–water partition coefficient (Wildman–Crippen LogP) is 3.49. The molecule has 1 aliphatic heterocycles. The Morgan fingerprint density at radius 1 is 1.43 bits per heavy atom. The van der Waals surface area contributed by atoms with E-state index in [2.05, 4.69) is 23.5 Å². The summed E-state index contributed by atoms with van der Waals surface area (Å²) >= 11 is 6.06. The Hall–Kier alpha value is -0.240. The molecular weight excluding hydrogens is 217 g/mol. The summed E-state index contributed by atoms with van der Waals surface area (Å²) in [6, 6.07) is 6.87. The number of halogens is 2. The number of hydrogen-bond donors (Lipinski definition) is 1. The first-order valence-corrected chi connectivity index (χ1v) is 5.14. The van der Waals surface area contributed by atoms with Gasteiger partial charge >= 0.3 is 0 Å². The Balaban J connectivity index is 0.000000980. The van der Waals surface area contributed by atoms with Crippen molar-refractivity contribution in [3.05, 3.63) is 34.3 Å². The molecule has 1 aliphatic rings. The molecular formula is C11H15Cl2N. The highest BCUT2D eigenvalue weighted by molar-refractivity contribution is 6.31. The summed E-state index contributed by atoms with van der Waals surface area (Å²) in [6.07, 6.45) is 2.51. The van der Waals surface area contributed by atoms with Crippen LogP contribution in [-0.4, -0.2) is 6.54 Å². The van der Waals surface area contributed by atoms with Gasteiger partial charge in [0, 0.05) is 11.1 Å². The lowest BCUT2D eigenvalue weighted by molar-refractivity contribution is 0.647. The van der Waals surface area contributed by atoms with Crippen LogP contribution in [0, 0.1) is 6.92 Å². The molecule has 78 valence electrons. The molecule has 14 heavy (non-hydrogen) atoms. The molecule has 0 saturated carbocycles. The topological polar surface area (TPSA) is 12.0 Å². The minimum absolute atomic E-state index is 0. The summed E-state index contributed by atoms with van der Waals surface area (Å²) < 4.78 is 0. The third-order valence-corrected chi connectivity index (χ3v) is 3.07. The van der Waals surface area contributed by atoms with Gasteiger partial charge in [-0.3, -0.25) is 0 Å². The van der Waals surface area contributed by atoms with Crippen LogP contribution in [0.15, 0.2) is 18.2 Å². The lowest BCUT2D eigenvalue weighted by Crippen LogP contribution is -2.12. The van der Waals surface area contributed by atoms with Gasteiger partial charge in [-0.1, -0.05) is 23.7 Å². The summed E-state index contributed by atoms with van der Waals surface area (Å²) in [6.45, 7) is 3.17. The van der Waals surface area contributed by atoms with Crippen LogP contribution in [0.5, 0.6) is 0 Å². The summed E-state index contributed by atoms with van der Waals surface area (Å²) in [5, 5.41) is 4.34. The standard InChI is InChI=1S/C11H14ClN.ClH/c1-8-4-5-9(7-10(8)12)11-3-2-6-13-11;/h4-5,7,11,13H,2-3,6H2,1H3;1H/t11-;/m0./s1. The Kier molecular flexibility index (Phi) is 4.24. The summed E-state index contributed by atoms with van der Waals surface area (Å²) in [5.41, 5.74) is 2.48. The van der Waals surface area contributed by atoms with Crippen molar-refractivity contribution in [1.82, 2.24) is 5.32 Å². The van der Waals surface area contributed by atoms with Crippen molar-refractivity contribution in [2.45, 2.75) is 25.8 Å². The van der Waals surface area contributed by atoms with Crippen LogP contribution in [0.2, 0.25) is 5.02 Å². The zero-order valence-corrected chi connectivity index (χ0v) is 9.79. The van der Waals surface area contributed by atoms with E-state index in [4.69, 9.17) is 11.6 Å². The first-order valence-electron chi connectivity index (χ1n) is 4.77. The summed E-state index contributed by atoms with van der Waals surface area (Å²) in [5.74, 6) is 0. The molecule has 0 unspecified atom stereocenters. The van der Waals surface area contributed by atoms with Gasteiger partial charge in [-0.25, -0.2) is 0 Å². The highest BCUT2D eigenvalue weighted by atomic mass is 35.5. The normalized spacial score (nSPS) is 20.6. The molecule has 0 spiro atoms. The molecule has 1 heterocycles. The van der Waals surface area contributed by atoms with Crippen molar-refractivity contribution < 1.29 is 0 Å². The Bertz CT molecular complexity index is 306. The van der Waals surface area contributed by atoms with Gasteiger partial charge < -0.3 is 5.32 Å². The average molecular weight is 232 g/mol. The molecule has 1 atom stereocenters. The van der Waals surface area contributed by atoms with Crippen LogP contribution in [0.25, 0.3) is 0 Å². The fourth-order valence-corrected chi connectivity index (χ4v) is 1.98. The molecule has 1 aromatic rings. The Labute approximate surface area is 96.3 Å². The quantitative estimate of drug-likeness (QED) is 0.781. The van der Waals surface area contributed by atoms with E-state index in [0.717, 1.165) is 17.1 Å². The fourth-order valence-electron chi connectivity index (χ4n) is 1.79. The van der Waals surface area contributed by atoms with E-state index < -0.39 is 0 Å². The van der Waals surface area contributed by atoms with Crippen molar-refractivity contribution in [3.8, 4) is 0 Å². The smallest absolute Gasteiger partial charge is 0.0438 e. The van der Waals surface area contributed by atoms with Crippen LogP contribution in [0.1, 0.15) is 30.0 Å². The highest BCUT2D eigenvalue weighted by Crippen LogP contribution is 2.26. The zero-order valence-electron chi connectivity index (χ0n) is 8.22. The Morgan fingerprint density at radius 2 is 2.21 bits per heavy atom. The van der Waals surface area contributed by atoms with E-state index in [9.17, 15) is 0 Å². The maximum absolute atomic E-state index is 6.06. The maximum atomic E-state index is 6.06. The molecule has 0 aliphatic carbocycles. The van der Waals surface area contributed by atoms with E-state index in [0.29, 0.717) is 6.04 Å². The second kappa shape index (κ2) is 5.01. The van der Waals surface area contributed by atoms with Crippen molar-refractivity contribution in [2.24, 2.45) is 0 Å². The van der Waals surface area contributed by atoms with Gasteiger partial charge in [-0.05, 0) is 43.5 Å². The number of nitrogens with one attached hydrogen (secondary N) is 1. The molecule has 2 rings (SSSR count). The van der Waals surface area contributed by atoms with E-state index in [-0.39, 0.29) is 12.4 Å². The maximum Gasteiger partial charge on any atom is 0.0438 e. The molecule has 0 radical (unpaired) electrons. The molecule has 0 aromatic heterocycles. The fraction of sp³-hybridized carbons (Fsp3) is 0.455. The molecule has 0 bridgehead atoms. The second-order valence-electron chi connectivity index (χ2n) is 3.66.